The summed E-state index contributed by atoms with van der Waals surface area (Å²) in [5, 5.41) is 3.28. The van der Waals surface area contributed by atoms with Gasteiger partial charge in [-0.1, -0.05) is 0 Å². The molecule has 5 nitrogen and oxygen atoms in total. The molecule has 0 bridgehead atoms. The van der Waals surface area contributed by atoms with Gasteiger partial charge in [0.25, 0.3) is 11.8 Å². The predicted octanol–water partition coefficient (Wildman–Crippen LogP) is 2.01. The second-order valence-corrected chi connectivity index (χ2v) is 6.48. The zero-order valence-electron chi connectivity index (χ0n) is 12.2. The van der Waals surface area contributed by atoms with Crippen molar-refractivity contribution in [3.63, 3.8) is 0 Å². The van der Waals surface area contributed by atoms with Gasteiger partial charge in [0.1, 0.15) is 0 Å². The Morgan fingerprint density at radius 2 is 1.90 bits per heavy atom. The Morgan fingerprint density at radius 3 is 2.45 bits per heavy atom. The van der Waals surface area contributed by atoms with Crippen molar-refractivity contribution in [3.05, 3.63) is 16.0 Å². The number of nitrogens with two attached hydrogens (primary N) is 1. The standard InChI is InChI=1S/C14H21N3O2S/c1-8(2)16-13(18)11-9(3)10(12(15)20-11)14(19)17-6-4-5-7-17/h8H,4-7,15H2,1-3H3,(H,16,18). The number of anilines is 1. The van der Waals surface area contributed by atoms with Crippen LogP contribution >= 0.6 is 11.3 Å². The van der Waals surface area contributed by atoms with Gasteiger partial charge in [-0.3, -0.25) is 9.59 Å². The van der Waals surface area contributed by atoms with Crippen LogP contribution < -0.4 is 11.1 Å². The number of nitrogen functional groups attached to an aromatic ring is 1. The Kier molecular flexibility index (Phi) is 4.32. The van der Waals surface area contributed by atoms with Gasteiger partial charge >= 0.3 is 0 Å². The molecule has 0 aliphatic carbocycles. The molecule has 110 valence electrons. The molecule has 2 amide bonds. The van der Waals surface area contributed by atoms with E-state index in [2.05, 4.69) is 5.32 Å². The van der Waals surface area contributed by atoms with Gasteiger partial charge in [0.05, 0.1) is 15.4 Å². The highest BCUT2D eigenvalue weighted by molar-refractivity contribution is 7.18. The molecule has 1 fully saturated rings. The topological polar surface area (TPSA) is 75.4 Å². The maximum absolute atomic E-state index is 12.5. The average molecular weight is 295 g/mol. The first kappa shape index (κ1) is 14.8. The second kappa shape index (κ2) is 5.83. The number of hydrogen-bond acceptors (Lipinski definition) is 4. The number of hydrogen-bond donors (Lipinski definition) is 2. The third-order valence-corrected chi connectivity index (χ3v) is 4.53. The number of nitrogens with zero attached hydrogens (tertiary/aromatic N) is 1. The van der Waals surface area contributed by atoms with Gasteiger partial charge in [-0.2, -0.15) is 0 Å². The lowest BCUT2D eigenvalue weighted by Crippen LogP contribution is -2.30. The lowest BCUT2D eigenvalue weighted by atomic mass is 10.1. The molecule has 1 aliphatic rings. The summed E-state index contributed by atoms with van der Waals surface area (Å²) in [6.07, 6.45) is 2.07. The molecule has 1 aromatic rings. The first-order chi connectivity index (χ1) is 9.41. The van der Waals surface area contributed by atoms with Crippen molar-refractivity contribution in [1.82, 2.24) is 10.2 Å². The highest BCUT2D eigenvalue weighted by atomic mass is 32.1. The van der Waals surface area contributed by atoms with E-state index < -0.39 is 0 Å². The Hall–Kier alpha value is -1.56. The quantitative estimate of drug-likeness (QED) is 0.895. The number of nitrogens with one attached hydrogen (secondary N) is 1. The number of carbonyl (C=O) groups excluding carboxylic acids is 2. The molecule has 2 heterocycles. The van der Waals surface area contributed by atoms with Crippen LogP contribution in [0.25, 0.3) is 0 Å². The molecule has 1 aromatic heterocycles. The Balaban J connectivity index is 2.28. The molecule has 3 N–H and O–H groups in total. The minimum Gasteiger partial charge on any atom is -0.390 e. The third kappa shape index (κ3) is 2.80. The molecule has 0 atom stereocenters. The second-order valence-electron chi connectivity index (χ2n) is 5.42. The van der Waals surface area contributed by atoms with Gasteiger partial charge < -0.3 is 16.0 Å². The van der Waals surface area contributed by atoms with E-state index in [-0.39, 0.29) is 17.9 Å². The lowest BCUT2D eigenvalue weighted by Gasteiger charge is -2.15. The minimum absolute atomic E-state index is 0.0441. The van der Waals surface area contributed by atoms with Crippen LogP contribution in [0.2, 0.25) is 0 Å². The molecule has 2 rings (SSSR count). The zero-order valence-corrected chi connectivity index (χ0v) is 13.0. The largest absolute Gasteiger partial charge is 0.390 e. The van der Waals surface area contributed by atoms with E-state index in [0.29, 0.717) is 21.0 Å². The SMILES string of the molecule is Cc1c(C(=O)NC(C)C)sc(N)c1C(=O)N1CCCC1. The molecule has 0 unspecified atom stereocenters. The lowest BCUT2D eigenvalue weighted by molar-refractivity contribution is 0.0793. The first-order valence-electron chi connectivity index (χ1n) is 6.90. The van der Waals surface area contributed by atoms with Crippen molar-refractivity contribution in [1.29, 1.82) is 0 Å². The fourth-order valence-corrected chi connectivity index (χ4v) is 3.39. The molecule has 0 aromatic carbocycles. The molecule has 6 heteroatoms. The van der Waals surface area contributed by atoms with Crippen molar-refractivity contribution in [2.75, 3.05) is 18.8 Å². The molecule has 20 heavy (non-hydrogen) atoms. The van der Waals surface area contributed by atoms with E-state index in [4.69, 9.17) is 5.73 Å². The molecule has 1 saturated heterocycles. The van der Waals surface area contributed by atoms with Gasteiger partial charge in [0.15, 0.2) is 0 Å². The van der Waals surface area contributed by atoms with E-state index in [1.807, 2.05) is 18.7 Å². The maximum atomic E-state index is 12.5. The van der Waals surface area contributed by atoms with Crippen LogP contribution in [0, 0.1) is 6.92 Å². The number of carbonyl (C=O) groups is 2. The monoisotopic (exact) mass is 295 g/mol. The van der Waals surface area contributed by atoms with Crippen LogP contribution in [-0.4, -0.2) is 35.8 Å². The Morgan fingerprint density at radius 1 is 1.30 bits per heavy atom. The van der Waals surface area contributed by atoms with Crippen LogP contribution in [-0.2, 0) is 0 Å². The van der Waals surface area contributed by atoms with Crippen molar-refractivity contribution < 1.29 is 9.59 Å². The highest BCUT2D eigenvalue weighted by Gasteiger charge is 2.28. The summed E-state index contributed by atoms with van der Waals surface area (Å²) in [4.78, 5) is 26.9. The summed E-state index contributed by atoms with van der Waals surface area (Å²) in [7, 11) is 0. The highest BCUT2D eigenvalue weighted by Crippen LogP contribution is 2.32. The van der Waals surface area contributed by atoms with E-state index in [1.54, 1.807) is 6.92 Å². The summed E-state index contributed by atoms with van der Waals surface area (Å²) in [5.41, 5.74) is 7.17. The molecule has 1 aliphatic heterocycles. The molecule has 0 spiro atoms. The Bertz CT molecular complexity index is 531. The van der Waals surface area contributed by atoms with E-state index in [0.717, 1.165) is 25.9 Å². The number of rotatable bonds is 3. The van der Waals surface area contributed by atoms with E-state index >= 15 is 0 Å². The van der Waals surface area contributed by atoms with E-state index in [9.17, 15) is 9.59 Å². The van der Waals surface area contributed by atoms with Crippen molar-refractivity contribution in [2.45, 2.75) is 39.7 Å². The first-order valence-corrected chi connectivity index (χ1v) is 7.72. The van der Waals surface area contributed by atoms with Gasteiger partial charge in [0.2, 0.25) is 0 Å². The molecular formula is C14H21N3O2S. The number of amides is 2. The zero-order chi connectivity index (χ0) is 14.9. The van der Waals surface area contributed by atoms with Gasteiger partial charge in [0, 0.05) is 19.1 Å². The van der Waals surface area contributed by atoms with E-state index in [1.165, 1.54) is 11.3 Å². The Labute approximate surface area is 123 Å². The third-order valence-electron chi connectivity index (χ3n) is 3.41. The summed E-state index contributed by atoms with van der Waals surface area (Å²) in [5.74, 6) is -0.202. The van der Waals surface area contributed by atoms with Gasteiger partial charge in [-0.25, -0.2) is 0 Å². The van der Waals surface area contributed by atoms with Crippen LogP contribution in [0.1, 0.15) is 52.3 Å². The van der Waals surface area contributed by atoms with Gasteiger partial charge in [-0.05, 0) is 39.2 Å². The summed E-state index contributed by atoms with van der Waals surface area (Å²) in [6.45, 7) is 7.16. The summed E-state index contributed by atoms with van der Waals surface area (Å²) >= 11 is 1.20. The van der Waals surface area contributed by atoms with Crippen LogP contribution in [0.4, 0.5) is 5.00 Å². The van der Waals surface area contributed by atoms with Crippen molar-refractivity contribution in [3.8, 4) is 0 Å². The fourth-order valence-electron chi connectivity index (χ4n) is 2.42. The minimum atomic E-state index is -0.158. The summed E-state index contributed by atoms with van der Waals surface area (Å²) in [6, 6.07) is 0.0583. The normalized spacial score (nSPS) is 14.9. The van der Waals surface area contributed by atoms with Gasteiger partial charge in [-0.15, -0.1) is 11.3 Å². The molecule has 0 radical (unpaired) electrons. The average Bonchev–Trinajstić information content (AvgIpc) is 2.96. The van der Waals surface area contributed by atoms with Crippen molar-refractivity contribution in [2.24, 2.45) is 0 Å². The molecule has 0 saturated carbocycles. The van der Waals surface area contributed by atoms with Crippen LogP contribution in [0.5, 0.6) is 0 Å². The number of likely N-dealkylation sites (tertiary alicyclic amines) is 1. The van der Waals surface area contributed by atoms with Crippen molar-refractivity contribution >= 4 is 28.2 Å². The smallest absolute Gasteiger partial charge is 0.261 e. The van der Waals surface area contributed by atoms with Crippen LogP contribution in [0.3, 0.4) is 0 Å². The number of thiophene rings is 1. The fraction of sp³-hybridized carbons (Fsp3) is 0.571. The summed E-state index contributed by atoms with van der Waals surface area (Å²) < 4.78 is 0. The maximum Gasteiger partial charge on any atom is 0.261 e. The molecular weight excluding hydrogens is 274 g/mol. The predicted molar refractivity (Wildman–Crippen MR) is 81.2 cm³/mol. The van der Waals surface area contributed by atoms with Crippen LogP contribution in [0.15, 0.2) is 0 Å².